The van der Waals surface area contributed by atoms with Crippen molar-refractivity contribution in [2.45, 2.75) is 92.1 Å². The fraction of sp³-hybridized carbons (Fsp3) is 0.421. The first-order valence-corrected chi connectivity index (χ1v) is 25.1. The summed E-state index contributed by atoms with van der Waals surface area (Å²) in [5.41, 5.74) is 4.62. The second-order valence-corrected chi connectivity index (χ2v) is 26.6. The minimum absolute atomic E-state index is 0.213. The minimum atomic E-state index is -1.24. The molecule has 272 valence electrons. The Balaban J connectivity index is 1.36. The standard InChI is InChI=1S/C38H53N7O4Si2/c1-10-44-36(23-29(3)41-44)38(46)40-34-24-30(12-11-28(34)2)49-31-13-14-32-33(42-45(35(32)25-31)27-48-20-22-51(7,8)9)15-16-37-39-17-18-43(37)26-47-19-21-50(4,5)6/h11-18,23-25H,10,19-22,26-27H2,1-9H3,(H,40,46). The van der Waals surface area contributed by atoms with Gasteiger partial charge in [0.15, 0.2) is 0 Å². The molecule has 0 spiro atoms. The third kappa shape index (κ3) is 10.6. The first-order valence-electron chi connectivity index (χ1n) is 17.7. The Morgan fingerprint density at radius 2 is 1.53 bits per heavy atom. The Morgan fingerprint density at radius 3 is 2.24 bits per heavy atom. The third-order valence-electron chi connectivity index (χ3n) is 8.45. The zero-order chi connectivity index (χ0) is 36.8. The number of aryl methyl sites for hydroxylation is 3. The Labute approximate surface area is 303 Å². The van der Waals surface area contributed by atoms with Crippen molar-refractivity contribution in [1.82, 2.24) is 29.1 Å². The molecular weight excluding hydrogens is 675 g/mol. The van der Waals surface area contributed by atoms with E-state index in [4.69, 9.17) is 19.3 Å². The third-order valence-corrected chi connectivity index (χ3v) is 11.9. The fourth-order valence-corrected chi connectivity index (χ4v) is 6.88. The van der Waals surface area contributed by atoms with Crippen LogP contribution in [0.1, 0.15) is 40.2 Å². The van der Waals surface area contributed by atoms with E-state index in [1.54, 1.807) is 16.9 Å². The Morgan fingerprint density at radius 1 is 0.843 bits per heavy atom. The molecule has 51 heavy (non-hydrogen) atoms. The van der Waals surface area contributed by atoms with Gasteiger partial charge >= 0.3 is 0 Å². The van der Waals surface area contributed by atoms with E-state index < -0.39 is 16.1 Å². The molecule has 0 aliphatic rings. The monoisotopic (exact) mass is 727 g/mol. The van der Waals surface area contributed by atoms with Gasteiger partial charge in [0.05, 0.1) is 16.9 Å². The number of anilines is 1. The van der Waals surface area contributed by atoms with E-state index >= 15 is 0 Å². The summed E-state index contributed by atoms with van der Waals surface area (Å²) < 4.78 is 24.1. The quantitative estimate of drug-likeness (QED) is 0.0753. The predicted molar refractivity (Wildman–Crippen MR) is 211 cm³/mol. The lowest BCUT2D eigenvalue weighted by atomic mass is 10.1. The molecule has 0 aliphatic carbocycles. The van der Waals surface area contributed by atoms with Gasteiger partial charge in [-0.15, -0.1) is 0 Å². The largest absolute Gasteiger partial charge is 0.457 e. The van der Waals surface area contributed by atoms with Gasteiger partial charge in [-0.1, -0.05) is 45.3 Å². The maximum atomic E-state index is 13.2. The number of rotatable bonds is 17. The van der Waals surface area contributed by atoms with Gasteiger partial charge in [-0.3, -0.25) is 9.48 Å². The van der Waals surface area contributed by atoms with Crippen LogP contribution in [-0.4, -0.2) is 64.4 Å². The van der Waals surface area contributed by atoms with Crippen molar-refractivity contribution >= 4 is 50.8 Å². The highest BCUT2D eigenvalue weighted by Crippen LogP contribution is 2.31. The van der Waals surface area contributed by atoms with Crippen LogP contribution < -0.4 is 10.1 Å². The Hall–Kier alpha value is -4.31. The highest BCUT2D eigenvalue weighted by atomic mass is 28.3. The molecule has 3 heterocycles. The molecule has 0 bridgehead atoms. The smallest absolute Gasteiger partial charge is 0.273 e. The number of carbonyl (C=O) groups is 1. The highest BCUT2D eigenvalue weighted by Gasteiger charge is 2.17. The molecule has 5 aromatic rings. The highest BCUT2D eigenvalue weighted by molar-refractivity contribution is 6.76. The SMILES string of the molecule is CCn1nc(C)cc1C(=O)Nc1cc(Oc2ccc3c(C=Cc4nccn4COCC[Si](C)(C)C)nn(COCC[Si](C)(C)C)c3c2)ccc1C. The number of nitrogens with one attached hydrogen (secondary N) is 1. The van der Waals surface area contributed by atoms with Crippen molar-refractivity contribution in [3.8, 4) is 11.5 Å². The second kappa shape index (κ2) is 16.4. The lowest BCUT2D eigenvalue weighted by molar-refractivity contribution is 0.0816. The molecule has 0 radical (unpaired) electrons. The molecule has 13 heteroatoms. The molecule has 1 amide bonds. The van der Waals surface area contributed by atoms with Crippen molar-refractivity contribution in [3.63, 3.8) is 0 Å². The van der Waals surface area contributed by atoms with Crippen LogP contribution in [0.2, 0.25) is 51.4 Å². The maximum absolute atomic E-state index is 13.2. The first kappa shape index (κ1) is 37.9. The molecule has 1 N–H and O–H groups in total. The number of hydrogen-bond acceptors (Lipinski definition) is 7. The maximum Gasteiger partial charge on any atom is 0.273 e. The second-order valence-electron chi connectivity index (χ2n) is 15.4. The van der Waals surface area contributed by atoms with Crippen LogP contribution in [0.5, 0.6) is 11.5 Å². The summed E-state index contributed by atoms with van der Waals surface area (Å²) in [5.74, 6) is 1.84. The van der Waals surface area contributed by atoms with E-state index in [0.29, 0.717) is 49.5 Å². The summed E-state index contributed by atoms with van der Waals surface area (Å²) in [6, 6.07) is 15.6. The van der Waals surface area contributed by atoms with Crippen molar-refractivity contribution < 1.29 is 19.0 Å². The van der Waals surface area contributed by atoms with Gasteiger partial charge in [0, 0.05) is 71.5 Å². The van der Waals surface area contributed by atoms with Gasteiger partial charge in [0.25, 0.3) is 5.91 Å². The molecule has 5 rings (SSSR count). The molecule has 0 fully saturated rings. The van der Waals surface area contributed by atoms with Crippen LogP contribution in [0.4, 0.5) is 5.69 Å². The van der Waals surface area contributed by atoms with E-state index in [0.717, 1.165) is 52.4 Å². The van der Waals surface area contributed by atoms with Crippen molar-refractivity contribution in [2.75, 3.05) is 18.5 Å². The number of fused-ring (bicyclic) bond motifs is 1. The number of amides is 1. The number of imidazole rings is 1. The number of aromatic nitrogens is 6. The Kier molecular flexibility index (Phi) is 12.2. The van der Waals surface area contributed by atoms with Crippen LogP contribution in [0, 0.1) is 13.8 Å². The van der Waals surface area contributed by atoms with E-state index in [2.05, 4.69) is 54.7 Å². The average Bonchev–Trinajstić information content (AvgIpc) is 3.77. The average molecular weight is 728 g/mol. The molecule has 0 saturated heterocycles. The van der Waals surface area contributed by atoms with E-state index in [1.165, 1.54) is 0 Å². The number of benzene rings is 2. The van der Waals surface area contributed by atoms with Gasteiger partial charge in [-0.05, 0) is 74.8 Å². The van der Waals surface area contributed by atoms with Crippen LogP contribution in [0.25, 0.3) is 23.1 Å². The first-order chi connectivity index (χ1) is 24.2. The summed E-state index contributed by atoms with van der Waals surface area (Å²) in [5, 5.41) is 13.4. The normalized spacial score (nSPS) is 12.3. The van der Waals surface area contributed by atoms with Gasteiger partial charge in [-0.2, -0.15) is 10.2 Å². The van der Waals surface area contributed by atoms with Crippen LogP contribution >= 0.6 is 0 Å². The van der Waals surface area contributed by atoms with Gasteiger partial charge in [0.2, 0.25) is 0 Å². The number of hydrogen-bond donors (Lipinski definition) is 1. The zero-order valence-corrected chi connectivity index (χ0v) is 33.6. The van der Waals surface area contributed by atoms with Crippen molar-refractivity contribution in [2.24, 2.45) is 0 Å². The van der Waals surface area contributed by atoms with E-state index in [1.807, 2.05) is 84.8 Å². The molecule has 0 saturated carbocycles. The minimum Gasteiger partial charge on any atom is -0.457 e. The van der Waals surface area contributed by atoms with E-state index in [-0.39, 0.29) is 5.91 Å². The zero-order valence-electron chi connectivity index (χ0n) is 31.6. The number of ether oxygens (including phenoxy) is 3. The van der Waals surface area contributed by atoms with Crippen molar-refractivity contribution in [3.05, 3.63) is 83.3 Å². The Bertz CT molecular complexity index is 1980. The summed E-state index contributed by atoms with van der Waals surface area (Å²) in [4.78, 5) is 17.7. The topological polar surface area (TPSA) is 110 Å². The number of carbonyl (C=O) groups excluding carboxylic acids is 1. The van der Waals surface area contributed by atoms with Gasteiger partial charge in [0.1, 0.15) is 36.5 Å². The fourth-order valence-electron chi connectivity index (χ4n) is 5.37. The van der Waals surface area contributed by atoms with Crippen LogP contribution in [-0.2, 0) is 29.5 Å². The molecule has 11 nitrogen and oxygen atoms in total. The van der Waals surface area contributed by atoms with Gasteiger partial charge < -0.3 is 24.1 Å². The number of nitrogens with zero attached hydrogens (tertiary/aromatic N) is 6. The lowest BCUT2D eigenvalue weighted by Gasteiger charge is -2.15. The molecule has 3 aromatic heterocycles. The molecule has 0 aliphatic heterocycles. The van der Waals surface area contributed by atoms with Crippen LogP contribution in [0.3, 0.4) is 0 Å². The summed E-state index contributed by atoms with van der Waals surface area (Å²) in [6.45, 7) is 22.7. The summed E-state index contributed by atoms with van der Waals surface area (Å²) in [7, 11) is -2.40. The molecule has 2 aromatic carbocycles. The summed E-state index contributed by atoms with van der Waals surface area (Å²) >= 11 is 0. The van der Waals surface area contributed by atoms with Crippen molar-refractivity contribution in [1.29, 1.82) is 0 Å². The van der Waals surface area contributed by atoms with Crippen LogP contribution in [0.15, 0.2) is 54.9 Å². The molecular formula is C38H53N7O4Si2. The van der Waals surface area contributed by atoms with E-state index in [9.17, 15) is 4.79 Å². The lowest BCUT2D eigenvalue weighted by Crippen LogP contribution is -2.22. The summed E-state index contributed by atoms with van der Waals surface area (Å²) in [6.07, 6.45) is 7.69. The predicted octanol–water partition coefficient (Wildman–Crippen LogP) is 8.91. The molecule has 0 atom stereocenters. The van der Waals surface area contributed by atoms with Gasteiger partial charge in [-0.25, -0.2) is 9.67 Å². The molecule has 0 unspecified atom stereocenters.